The first-order valence-corrected chi connectivity index (χ1v) is 8.68. The Hall–Kier alpha value is -2.24. The van der Waals surface area contributed by atoms with Gasteiger partial charge in [0.1, 0.15) is 5.76 Å². The Morgan fingerprint density at radius 2 is 2.38 bits per heavy atom. The molecule has 3 unspecified atom stereocenters. The fourth-order valence-corrected chi connectivity index (χ4v) is 3.29. The molecule has 0 aromatic carbocycles. The van der Waals surface area contributed by atoms with Crippen molar-refractivity contribution < 1.29 is 9.21 Å². The summed E-state index contributed by atoms with van der Waals surface area (Å²) in [4.78, 5) is 14.6. The monoisotopic (exact) mass is 330 g/mol. The normalized spacial score (nSPS) is 22.3. The van der Waals surface area contributed by atoms with Gasteiger partial charge in [-0.25, -0.2) is 4.79 Å². The lowest BCUT2D eigenvalue weighted by Crippen LogP contribution is -2.47. The van der Waals surface area contributed by atoms with Crippen molar-refractivity contribution in [3.05, 3.63) is 42.6 Å². The Morgan fingerprint density at radius 1 is 1.50 bits per heavy atom. The van der Waals surface area contributed by atoms with Gasteiger partial charge in [-0.3, -0.25) is 4.68 Å². The van der Waals surface area contributed by atoms with Gasteiger partial charge in [0, 0.05) is 32.0 Å². The first-order valence-electron chi connectivity index (χ1n) is 8.68. The number of aromatic nitrogens is 2. The lowest BCUT2D eigenvalue weighted by atomic mass is 9.91. The molecule has 0 aliphatic carbocycles. The van der Waals surface area contributed by atoms with E-state index < -0.39 is 0 Å². The number of nitrogens with one attached hydrogen (secondary N) is 1. The summed E-state index contributed by atoms with van der Waals surface area (Å²) in [6, 6.07) is 5.79. The van der Waals surface area contributed by atoms with Crippen LogP contribution < -0.4 is 5.32 Å². The molecule has 3 heterocycles. The molecule has 3 rings (SSSR count). The average Bonchev–Trinajstić information content (AvgIpc) is 3.26. The number of rotatable bonds is 5. The molecule has 3 atom stereocenters. The topological polar surface area (TPSA) is 63.3 Å². The van der Waals surface area contributed by atoms with Crippen molar-refractivity contribution in [2.24, 2.45) is 11.8 Å². The molecule has 1 aliphatic heterocycles. The van der Waals surface area contributed by atoms with Crippen LogP contribution in [0.25, 0.3) is 0 Å². The van der Waals surface area contributed by atoms with E-state index in [1.54, 1.807) is 12.5 Å². The fourth-order valence-electron chi connectivity index (χ4n) is 3.29. The van der Waals surface area contributed by atoms with Gasteiger partial charge in [0.05, 0.1) is 12.3 Å². The SMILES string of the molecule is CC1CCN(C(=O)NCC(C)Cn2cccn2)C(c2ccco2)C1. The Kier molecular flexibility index (Phi) is 5.23. The second-order valence-corrected chi connectivity index (χ2v) is 6.87. The van der Waals surface area contributed by atoms with Gasteiger partial charge in [-0.05, 0) is 42.9 Å². The number of carbonyl (C=O) groups is 1. The van der Waals surface area contributed by atoms with Gasteiger partial charge in [-0.2, -0.15) is 5.10 Å². The Balaban J connectivity index is 1.56. The Bertz CT molecular complexity index is 624. The van der Waals surface area contributed by atoms with E-state index in [0.29, 0.717) is 18.4 Å². The third kappa shape index (κ3) is 3.99. The molecule has 24 heavy (non-hydrogen) atoms. The summed E-state index contributed by atoms with van der Waals surface area (Å²) < 4.78 is 7.46. The highest BCUT2D eigenvalue weighted by Gasteiger charge is 2.32. The maximum absolute atomic E-state index is 12.7. The van der Waals surface area contributed by atoms with Gasteiger partial charge < -0.3 is 14.6 Å². The van der Waals surface area contributed by atoms with Crippen molar-refractivity contribution >= 4 is 6.03 Å². The number of amides is 2. The minimum absolute atomic E-state index is 0.00406. The Morgan fingerprint density at radius 3 is 3.08 bits per heavy atom. The standard InChI is InChI=1S/C18H26N4O2/c1-14-6-9-22(16(11-14)17-5-3-10-24-17)18(23)19-12-15(2)13-21-8-4-7-20-21/h3-5,7-8,10,14-16H,6,9,11-13H2,1-2H3,(H,19,23). The number of urea groups is 1. The van der Waals surface area contributed by atoms with E-state index in [-0.39, 0.29) is 12.1 Å². The molecule has 1 fully saturated rings. The predicted octanol–water partition coefficient (Wildman–Crippen LogP) is 3.30. The molecule has 6 heteroatoms. The predicted molar refractivity (Wildman–Crippen MR) is 91.3 cm³/mol. The quantitative estimate of drug-likeness (QED) is 0.915. The van der Waals surface area contributed by atoms with Crippen LogP contribution in [-0.2, 0) is 6.54 Å². The molecule has 2 aromatic rings. The first-order chi connectivity index (χ1) is 11.6. The first kappa shape index (κ1) is 16.6. The summed E-state index contributed by atoms with van der Waals surface area (Å²) >= 11 is 0. The second-order valence-electron chi connectivity index (χ2n) is 6.87. The lowest BCUT2D eigenvalue weighted by molar-refractivity contribution is 0.118. The molecular weight excluding hydrogens is 304 g/mol. The summed E-state index contributed by atoms with van der Waals surface area (Å²) in [6.07, 6.45) is 7.37. The van der Waals surface area contributed by atoms with E-state index in [1.165, 1.54) is 0 Å². The molecule has 0 bridgehead atoms. The number of furan rings is 1. The summed E-state index contributed by atoms with van der Waals surface area (Å²) in [5, 5.41) is 7.28. The van der Waals surface area contributed by atoms with Gasteiger partial charge in [0.2, 0.25) is 0 Å². The molecule has 2 amide bonds. The van der Waals surface area contributed by atoms with E-state index in [9.17, 15) is 4.79 Å². The second kappa shape index (κ2) is 7.55. The fraction of sp³-hybridized carbons (Fsp3) is 0.556. The van der Waals surface area contributed by atoms with Crippen LogP contribution in [0.2, 0.25) is 0 Å². The van der Waals surface area contributed by atoms with Crippen molar-refractivity contribution in [1.82, 2.24) is 20.0 Å². The van der Waals surface area contributed by atoms with Crippen LogP contribution in [0.15, 0.2) is 41.3 Å². The van der Waals surface area contributed by atoms with Crippen LogP contribution in [0, 0.1) is 11.8 Å². The summed E-state index contributed by atoms with van der Waals surface area (Å²) in [7, 11) is 0. The highest BCUT2D eigenvalue weighted by molar-refractivity contribution is 5.74. The molecule has 130 valence electrons. The molecule has 0 radical (unpaired) electrons. The van der Waals surface area contributed by atoms with Crippen molar-refractivity contribution in [2.45, 2.75) is 39.3 Å². The third-order valence-electron chi connectivity index (χ3n) is 4.66. The smallest absolute Gasteiger partial charge is 0.318 e. The zero-order valence-corrected chi connectivity index (χ0v) is 14.4. The van der Waals surface area contributed by atoms with Gasteiger partial charge in [0.25, 0.3) is 0 Å². The van der Waals surface area contributed by atoms with Gasteiger partial charge >= 0.3 is 6.03 Å². The minimum Gasteiger partial charge on any atom is -0.467 e. The number of hydrogen-bond acceptors (Lipinski definition) is 3. The lowest BCUT2D eigenvalue weighted by Gasteiger charge is -2.37. The number of nitrogens with zero attached hydrogens (tertiary/aromatic N) is 3. The molecule has 1 saturated heterocycles. The number of hydrogen-bond donors (Lipinski definition) is 1. The van der Waals surface area contributed by atoms with Crippen molar-refractivity contribution in [2.75, 3.05) is 13.1 Å². The largest absolute Gasteiger partial charge is 0.467 e. The van der Waals surface area contributed by atoms with E-state index in [2.05, 4.69) is 24.3 Å². The maximum Gasteiger partial charge on any atom is 0.318 e. The zero-order chi connectivity index (χ0) is 16.9. The Labute approximate surface area is 142 Å². The number of piperidine rings is 1. The van der Waals surface area contributed by atoms with Crippen LogP contribution in [0.4, 0.5) is 4.79 Å². The van der Waals surface area contributed by atoms with Crippen LogP contribution >= 0.6 is 0 Å². The molecule has 0 saturated carbocycles. The third-order valence-corrected chi connectivity index (χ3v) is 4.66. The van der Waals surface area contributed by atoms with E-state index >= 15 is 0 Å². The summed E-state index contributed by atoms with van der Waals surface area (Å²) in [6.45, 7) is 6.55. The highest BCUT2D eigenvalue weighted by Crippen LogP contribution is 2.34. The van der Waals surface area contributed by atoms with Crippen LogP contribution in [0.3, 0.4) is 0 Å². The van der Waals surface area contributed by atoms with Crippen molar-refractivity contribution in [1.29, 1.82) is 0 Å². The van der Waals surface area contributed by atoms with Crippen LogP contribution in [0.1, 0.15) is 38.5 Å². The summed E-state index contributed by atoms with van der Waals surface area (Å²) in [5.41, 5.74) is 0. The summed E-state index contributed by atoms with van der Waals surface area (Å²) in [5.74, 6) is 1.80. The van der Waals surface area contributed by atoms with E-state index in [0.717, 1.165) is 31.7 Å². The zero-order valence-electron chi connectivity index (χ0n) is 14.4. The minimum atomic E-state index is -0.00406. The van der Waals surface area contributed by atoms with Crippen LogP contribution in [-0.4, -0.2) is 33.8 Å². The molecule has 0 spiro atoms. The molecule has 2 aromatic heterocycles. The van der Waals surface area contributed by atoms with Gasteiger partial charge in [-0.1, -0.05) is 13.8 Å². The van der Waals surface area contributed by atoms with Crippen LogP contribution in [0.5, 0.6) is 0 Å². The molecular formula is C18H26N4O2. The van der Waals surface area contributed by atoms with Crippen molar-refractivity contribution in [3.63, 3.8) is 0 Å². The number of likely N-dealkylation sites (tertiary alicyclic amines) is 1. The van der Waals surface area contributed by atoms with Gasteiger partial charge in [0.15, 0.2) is 0 Å². The van der Waals surface area contributed by atoms with E-state index in [1.807, 2.05) is 34.0 Å². The maximum atomic E-state index is 12.7. The average molecular weight is 330 g/mol. The molecule has 6 nitrogen and oxygen atoms in total. The molecule has 1 N–H and O–H groups in total. The highest BCUT2D eigenvalue weighted by atomic mass is 16.3. The van der Waals surface area contributed by atoms with E-state index in [4.69, 9.17) is 4.42 Å². The number of carbonyl (C=O) groups excluding carboxylic acids is 1. The molecule has 1 aliphatic rings. The van der Waals surface area contributed by atoms with Gasteiger partial charge in [-0.15, -0.1) is 0 Å². The van der Waals surface area contributed by atoms with Crippen molar-refractivity contribution in [3.8, 4) is 0 Å².